The van der Waals surface area contributed by atoms with Gasteiger partial charge >= 0.3 is 0 Å². The minimum atomic E-state index is -3.15. The molecule has 0 bridgehead atoms. The zero-order chi connectivity index (χ0) is 14.0. The molecule has 1 amide bonds. The van der Waals surface area contributed by atoms with Crippen LogP contribution in [-0.4, -0.2) is 37.5 Å². The van der Waals surface area contributed by atoms with E-state index < -0.39 is 22.0 Å². The van der Waals surface area contributed by atoms with Crippen molar-refractivity contribution in [3.63, 3.8) is 0 Å². The number of amides is 1. The molecule has 2 N–H and O–H groups in total. The summed E-state index contributed by atoms with van der Waals surface area (Å²) in [6.07, 6.45) is 0.872. The summed E-state index contributed by atoms with van der Waals surface area (Å²) in [5.41, 5.74) is 1.92. The van der Waals surface area contributed by atoms with Crippen LogP contribution in [0.2, 0.25) is 0 Å². The second-order valence-corrected chi connectivity index (χ2v) is 7.16. The molecule has 104 valence electrons. The third-order valence-corrected chi connectivity index (χ3v) is 4.17. The van der Waals surface area contributed by atoms with Gasteiger partial charge in [-0.1, -0.05) is 24.3 Å². The Hall–Kier alpha value is -1.40. The van der Waals surface area contributed by atoms with E-state index in [9.17, 15) is 18.3 Å². The molecule has 5 nitrogen and oxygen atoms in total. The highest BCUT2D eigenvalue weighted by Crippen LogP contribution is 2.31. The second kappa shape index (κ2) is 5.30. The summed E-state index contributed by atoms with van der Waals surface area (Å²) >= 11 is 0. The maximum absolute atomic E-state index is 11.7. The summed E-state index contributed by atoms with van der Waals surface area (Å²) in [7, 11) is -3.15. The summed E-state index contributed by atoms with van der Waals surface area (Å²) in [6, 6.07) is 7.09. The van der Waals surface area contributed by atoms with Gasteiger partial charge in [0, 0.05) is 19.1 Å². The van der Waals surface area contributed by atoms with Crippen LogP contribution in [0.4, 0.5) is 0 Å². The van der Waals surface area contributed by atoms with E-state index >= 15 is 0 Å². The highest BCUT2D eigenvalue weighted by atomic mass is 32.2. The molecule has 1 aliphatic carbocycles. The predicted molar refractivity (Wildman–Crippen MR) is 71.4 cm³/mol. The lowest BCUT2D eigenvalue weighted by atomic mass is 10.1. The number of carbonyl (C=O) groups is 1. The van der Waals surface area contributed by atoms with Crippen LogP contribution < -0.4 is 5.32 Å². The normalized spacial score (nSPS) is 22.0. The zero-order valence-corrected chi connectivity index (χ0v) is 11.5. The molecule has 0 unspecified atom stereocenters. The Morgan fingerprint density at radius 1 is 1.42 bits per heavy atom. The number of benzene rings is 1. The maximum Gasteiger partial charge on any atom is 0.221 e. The van der Waals surface area contributed by atoms with Crippen molar-refractivity contribution in [3.8, 4) is 0 Å². The summed E-state index contributed by atoms with van der Waals surface area (Å²) in [5, 5.41) is 12.7. The smallest absolute Gasteiger partial charge is 0.221 e. The van der Waals surface area contributed by atoms with Gasteiger partial charge in [0.15, 0.2) is 0 Å². The van der Waals surface area contributed by atoms with E-state index in [2.05, 4.69) is 5.32 Å². The lowest BCUT2D eigenvalue weighted by Crippen LogP contribution is -2.34. The summed E-state index contributed by atoms with van der Waals surface area (Å²) in [4.78, 5) is 11.7. The third-order valence-electron chi connectivity index (χ3n) is 3.22. The molecule has 0 saturated heterocycles. The second-order valence-electron chi connectivity index (χ2n) is 4.90. The molecule has 2 rings (SSSR count). The van der Waals surface area contributed by atoms with Gasteiger partial charge in [-0.2, -0.15) is 0 Å². The highest BCUT2D eigenvalue weighted by Gasteiger charge is 2.31. The minimum absolute atomic E-state index is 0.0791. The summed E-state index contributed by atoms with van der Waals surface area (Å²) in [6.45, 7) is 0. The fourth-order valence-electron chi connectivity index (χ4n) is 2.27. The summed E-state index contributed by atoms with van der Waals surface area (Å²) < 4.78 is 22.0. The number of hydrogen-bond donors (Lipinski definition) is 2. The Kier molecular flexibility index (Phi) is 3.91. The average Bonchev–Trinajstić information content (AvgIpc) is 2.63. The lowest BCUT2D eigenvalue weighted by molar-refractivity contribution is -0.122. The van der Waals surface area contributed by atoms with Gasteiger partial charge in [-0.05, 0) is 11.1 Å². The SMILES string of the molecule is CS(=O)(=O)CCC(=O)N[C@@H]1c2ccccc2C[C@@H]1O. The van der Waals surface area contributed by atoms with Crippen molar-refractivity contribution < 1.29 is 18.3 Å². The van der Waals surface area contributed by atoms with Crippen molar-refractivity contribution in [1.82, 2.24) is 5.32 Å². The quantitative estimate of drug-likeness (QED) is 0.826. The molecule has 0 heterocycles. The molecular weight excluding hydrogens is 266 g/mol. The van der Waals surface area contributed by atoms with Gasteiger partial charge in [-0.3, -0.25) is 4.79 Å². The standard InChI is InChI=1S/C13H17NO4S/c1-19(17,18)7-6-12(16)14-13-10-5-3-2-4-9(10)8-11(13)15/h2-5,11,13,15H,6-8H2,1H3,(H,14,16)/t11-,13+/m0/s1. The Morgan fingerprint density at radius 3 is 2.79 bits per heavy atom. The van der Waals surface area contributed by atoms with Gasteiger partial charge in [-0.25, -0.2) is 8.42 Å². The zero-order valence-electron chi connectivity index (χ0n) is 10.7. The monoisotopic (exact) mass is 283 g/mol. The van der Waals surface area contributed by atoms with Crippen molar-refractivity contribution in [3.05, 3.63) is 35.4 Å². The molecule has 1 aliphatic rings. The number of sulfone groups is 1. The number of rotatable bonds is 4. The first-order valence-electron chi connectivity index (χ1n) is 6.10. The van der Waals surface area contributed by atoms with Crippen LogP contribution in [-0.2, 0) is 21.1 Å². The molecular formula is C13H17NO4S. The van der Waals surface area contributed by atoms with Crippen LogP contribution in [0.5, 0.6) is 0 Å². The first-order valence-corrected chi connectivity index (χ1v) is 8.16. The maximum atomic E-state index is 11.7. The van der Waals surface area contributed by atoms with E-state index in [4.69, 9.17) is 0 Å². The molecule has 0 aliphatic heterocycles. The molecule has 0 saturated carbocycles. The first kappa shape index (κ1) is 14.0. The molecule has 0 radical (unpaired) electrons. The van der Waals surface area contributed by atoms with Crippen molar-refractivity contribution in [2.45, 2.75) is 25.0 Å². The topological polar surface area (TPSA) is 83.5 Å². The number of hydrogen-bond acceptors (Lipinski definition) is 4. The fourth-order valence-corrected chi connectivity index (χ4v) is 2.83. The lowest BCUT2D eigenvalue weighted by Gasteiger charge is -2.17. The predicted octanol–water partition coefficient (Wildman–Crippen LogP) is 0.196. The van der Waals surface area contributed by atoms with Crippen LogP contribution in [0.1, 0.15) is 23.6 Å². The number of aliphatic hydroxyl groups excluding tert-OH is 1. The van der Waals surface area contributed by atoms with Crippen molar-refractivity contribution in [1.29, 1.82) is 0 Å². The third kappa shape index (κ3) is 3.54. The van der Waals surface area contributed by atoms with E-state index in [-0.39, 0.29) is 18.1 Å². The van der Waals surface area contributed by atoms with Crippen LogP contribution in [0, 0.1) is 0 Å². The van der Waals surface area contributed by atoms with Crippen LogP contribution in [0.15, 0.2) is 24.3 Å². The van der Waals surface area contributed by atoms with Gasteiger partial charge < -0.3 is 10.4 Å². The average molecular weight is 283 g/mol. The van der Waals surface area contributed by atoms with E-state index in [0.29, 0.717) is 6.42 Å². The molecule has 0 fully saturated rings. The first-order chi connectivity index (χ1) is 8.87. The molecule has 1 aromatic carbocycles. The van der Waals surface area contributed by atoms with Gasteiger partial charge in [0.25, 0.3) is 0 Å². The van der Waals surface area contributed by atoms with Gasteiger partial charge in [0.05, 0.1) is 17.9 Å². The fraction of sp³-hybridized carbons (Fsp3) is 0.462. The van der Waals surface area contributed by atoms with E-state index in [1.54, 1.807) is 0 Å². The van der Waals surface area contributed by atoms with Gasteiger partial charge in [-0.15, -0.1) is 0 Å². The van der Waals surface area contributed by atoms with Crippen LogP contribution >= 0.6 is 0 Å². The van der Waals surface area contributed by atoms with Gasteiger partial charge in [0.1, 0.15) is 9.84 Å². The highest BCUT2D eigenvalue weighted by molar-refractivity contribution is 7.90. The number of carbonyl (C=O) groups excluding carboxylic acids is 1. The van der Waals surface area contributed by atoms with Crippen LogP contribution in [0.25, 0.3) is 0 Å². The number of nitrogens with one attached hydrogen (secondary N) is 1. The van der Waals surface area contributed by atoms with Crippen molar-refractivity contribution in [2.75, 3.05) is 12.0 Å². The Balaban J connectivity index is 2.02. The van der Waals surface area contributed by atoms with E-state index in [0.717, 1.165) is 17.4 Å². The Labute approximate surface area is 112 Å². The molecule has 0 aromatic heterocycles. The molecule has 0 spiro atoms. The largest absolute Gasteiger partial charge is 0.390 e. The van der Waals surface area contributed by atoms with Gasteiger partial charge in [0.2, 0.25) is 5.91 Å². The summed E-state index contributed by atoms with van der Waals surface area (Å²) in [5.74, 6) is -0.533. The minimum Gasteiger partial charge on any atom is -0.390 e. The van der Waals surface area contributed by atoms with Crippen molar-refractivity contribution >= 4 is 15.7 Å². The Bertz CT molecular complexity index is 582. The molecule has 1 aromatic rings. The molecule has 6 heteroatoms. The van der Waals surface area contributed by atoms with E-state index in [1.807, 2.05) is 24.3 Å². The molecule has 2 atom stereocenters. The number of aliphatic hydroxyl groups is 1. The van der Waals surface area contributed by atoms with Crippen molar-refractivity contribution in [2.24, 2.45) is 0 Å². The Morgan fingerprint density at radius 2 is 2.11 bits per heavy atom. The molecule has 19 heavy (non-hydrogen) atoms. The van der Waals surface area contributed by atoms with Crippen LogP contribution in [0.3, 0.4) is 0 Å². The number of fused-ring (bicyclic) bond motifs is 1. The van der Waals surface area contributed by atoms with E-state index in [1.165, 1.54) is 0 Å².